The number of carbonyl (C=O) groups excluding carboxylic acids is 3. The largest absolute Gasteiger partial charge is 0.480 e. The molecule has 1 heterocycles. The van der Waals surface area contributed by atoms with Crippen molar-refractivity contribution in [2.45, 2.75) is 88.4 Å². The number of ether oxygens (including phenoxy) is 1. The van der Waals surface area contributed by atoms with E-state index in [-0.39, 0.29) is 36.7 Å². The number of guanidine groups is 1. The molecule has 1 fully saturated rings. The van der Waals surface area contributed by atoms with E-state index >= 15 is 0 Å². The molecule has 0 aromatic heterocycles. The van der Waals surface area contributed by atoms with E-state index < -0.39 is 57.6 Å². The molecule has 3 atom stereocenters. The summed E-state index contributed by atoms with van der Waals surface area (Å²) in [6, 6.07) is 11.6. The zero-order valence-corrected chi connectivity index (χ0v) is 27.9. The van der Waals surface area contributed by atoms with Crippen LogP contribution in [0.2, 0.25) is 0 Å². The number of nitrogens with zero attached hydrogens (tertiary/aromatic N) is 2. The number of benzene rings is 2. The van der Waals surface area contributed by atoms with Crippen molar-refractivity contribution in [2.75, 3.05) is 13.1 Å². The zero-order valence-electron chi connectivity index (χ0n) is 27.1. The first-order chi connectivity index (χ1) is 22.1. The van der Waals surface area contributed by atoms with Gasteiger partial charge in [-0.25, -0.2) is 22.7 Å². The van der Waals surface area contributed by atoms with Gasteiger partial charge in [0.2, 0.25) is 17.8 Å². The van der Waals surface area contributed by atoms with Gasteiger partial charge in [-0.3, -0.25) is 19.5 Å². The van der Waals surface area contributed by atoms with Crippen LogP contribution in [0.3, 0.4) is 0 Å². The minimum Gasteiger partial charge on any atom is -0.480 e. The van der Waals surface area contributed by atoms with Gasteiger partial charge >= 0.3 is 12.1 Å². The molecule has 2 aromatic carbocycles. The summed E-state index contributed by atoms with van der Waals surface area (Å²) in [5, 5.41) is 15.0. The summed E-state index contributed by atoms with van der Waals surface area (Å²) in [7, 11) is -3.96. The zero-order chi connectivity index (χ0) is 34.8. The molecule has 1 saturated heterocycles. The van der Waals surface area contributed by atoms with Crippen molar-refractivity contribution in [3.05, 3.63) is 65.7 Å². The Bertz CT molecular complexity index is 1540. The summed E-state index contributed by atoms with van der Waals surface area (Å²) in [5.41, 5.74) is 6.63. The average molecular weight is 673 g/mol. The molecule has 256 valence electrons. The van der Waals surface area contributed by atoms with E-state index in [9.17, 15) is 32.7 Å². The highest BCUT2D eigenvalue weighted by atomic mass is 32.2. The number of carboxylic acid groups (broad SMARTS) is 1. The van der Waals surface area contributed by atoms with Crippen LogP contribution in [0, 0.1) is 6.92 Å². The molecule has 47 heavy (non-hydrogen) atoms. The Morgan fingerprint density at radius 2 is 1.70 bits per heavy atom. The van der Waals surface area contributed by atoms with Crippen LogP contribution in [-0.2, 0) is 35.6 Å². The number of nitrogens with two attached hydrogens (primary N) is 1. The summed E-state index contributed by atoms with van der Waals surface area (Å²) in [5.74, 6) is -2.93. The Hall–Kier alpha value is -4.66. The van der Waals surface area contributed by atoms with Crippen LogP contribution >= 0.6 is 0 Å². The van der Waals surface area contributed by atoms with Crippen molar-refractivity contribution >= 4 is 39.9 Å². The highest BCUT2D eigenvalue weighted by Crippen LogP contribution is 2.21. The standard InChI is InChI=1S/C32H44N6O8S/c1-21-14-16-23(17-15-21)47(44,45)37-30(33)34-18-8-12-24(27(39)36-25(29(41)42)20-22-10-6-5-7-11-22)35-28(40)26-13-9-19-38(26)31(43)46-32(2,3)4/h5-7,10-11,14-17,24-26H,8-9,12-13,18-20H2,1-4H3,(H,35,40)(H,36,39)(H,41,42)(H3,33,34,37)/t24-,25-,26-/m0/s1. The molecule has 0 radical (unpaired) electrons. The number of aliphatic imine (C=N–C) groups is 1. The highest BCUT2D eigenvalue weighted by molar-refractivity contribution is 7.90. The van der Waals surface area contributed by atoms with Crippen LogP contribution < -0.4 is 21.1 Å². The van der Waals surface area contributed by atoms with Gasteiger partial charge in [-0.05, 0) is 71.1 Å². The second-order valence-electron chi connectivity index (χ2n) is 12.3. The molecule has 2 aromatic rings. The van der Waals surface area contributed by atoms with Crippen LogP contribution in [0.1, 0.15) is 57.6 Å². The van der Waals surface area contributed by atoms with Crippen LogP contribution in [0.15, 0.2) is 64.5 Å². The Morgan fingerprint density at radius 3 is 2.32 bits per heavy atom. The van der Waals surface area contributed by atoms with Crippen molar-refractivity contribution in [3.63, 3.8) is 0 Å². The topological polar surface area (TPSA) is 210 Å². The van der Waals surface area contributed by atoms with Gasteiger partial charge in [-0.2, -0.15) is 0 Å². The number of aryl methyl sites for hydroxylation is 1. The van der Waals surface area contributed by atoms with Gasteiger partial charge in [0.25, 0.3) is 10.0 Å². The molecule has 3 rings (SSSR count). The maximum absolute atomic E-state index is 13.5. The molecule has 0 spiro atoms. The molecule has 14 nitrogen and oxygen atoms in total. The number of hydrogen-bond donors (Lipinski definition) is 5. The number of carboxylic acids is 1. The summed E-state index contributed by atoms with van der Waals surface area (Å²) in [6.45, 7) is 7.26. The number of rotatable bonds is 13. The lowest BCUT2D eigenvalue weighted by atomic mass is 10.0. The lowest BCUT2D eigenvalue weighted by Crippen LogP contribution is -2.56. The molecular formula is C32H44N6O8S. The van der Waals surface area contributed by atoms with E-state index in [2.05, 4.69) is 20.3 Å². The number of nitrogens with one attached hydrogen (secondary N) is 3. The first-order valence-electron chi connectivity index (χ1n) is 15.3. The predicted octanol–water partition coefficient (Wildman–Crippen LogP) is 2.06. The summed E-state index contributed by atoms with van der Waals surface area (Å²) in [6.07, 6.45) is 0.451. The van der Waals surface area contributed by atoms with Gasteiger partial charge < -0.3 is 26.2 Å². The Morgan fingerprint density at radius 1 is 1.04 bits per heavy atom. The van der Waals surface area contributed by atoms with Crippen molar-refractivity contribution in [1.29, 1.82) is 0 Å². The third-order valence-electron chi connectivity index (χ3n) is 7.22. The monoisotopic (exact) mass is 672 g/mol. The molecule has 0 aliphatic carbocycles. The van der Waals surface area contributed by atoms with Crippen molar-refractivity contribution in [3.8, 4) is 0 Å². The van der Waals surface area contributed by atoms with Crippen LogP contribution in [-0.4, -0.2) is 85.1 Å². The Kier molecular flexibility index (Phi) is 12.7. The SMILES string of the molecule is Cc1ccc(S(=O)(=O)NC(N)=NCCC[C@H](NC(=O)[C@@H]2CCCN2C(=O)OC(C)(C)C)C(=O)N[C@@H](Cc2ccccc2)C(=O)O)cc1. The molecule has 1 aliphatic rings. The Balaban J connectivity index is 1.71. The predicted molar refractivity (Wildman–Crippen MR) is 175 cm³/mol. The van der Waals surface area contributed by atoms with Gasteiger partial charge in [0.1, 0.15) is 23.7 Å². The fourth-order valence-electron chi connectivity index (χ4n) is 4.88. The fourth-order valence-corrected chi connectivity index (χ4v) is 5.83. The third kappa shape index (κ3) is 11.6. The first kappa shape index (κ1) is 36.8. The maximum Gasteiger partial charge on any atom is 0.410 e. The molecule has 0 bridgehead atoms. The number of likely N-dealkylation sites (tertiary alicyclic amines) is 1. The number of sulfonamides is 1. The highest BCUT2D eigenvalue weighted by Gasteiger charge is 2.38. The van der Waals surface area contributed by atoms with E-state index in [1.54, 1.807) is 63.2 Å². The number of aliphatic carboxylic acids is 1. The second kappa shape index (κ2) is 16.3. The molecule has 6 N–H and O–H groups in total. The minimum absolute atomic E-state index is 0.00982. The Labute approximate surface area is 275 Å². The summed E-state index contributed by atoms with van der Waals surface area (Å²) >= 11 is 0. The van der Waals surface area contributed by atoms with Crippen LogP contribution in [0.4, 0.5) is 4.79 Å². The van der Waals surface area contributed by atoms with E-state index in [0.717, 1.165) is 5.56 Å². The van der Waals surface area contributed by atoms with Gasteiger partial charge in [0, 0.05) is 19.5 Å². The second-order valence-corrected chi connectivity index (χ2v) is 14.0. The van der Waals surface area contributed by atoms with Crippen molar-refractivity contribution < 1.29 is 37.4 Å². The fraction of sp³-hybridized carbons (Fsp3) is 0.469. The van der Waals surface area contributed by atoms with Gasteiger partial charge in [0.15, 0.2) is 0 Å². The average Bonchev–Trinajstić information content (AvgIpc) is 3.48. The molecule has 15 heteroatoms. The first-order valence-corrected chi connectivity index (χ1v) is 16.8. The lowest BCUT2D eigenvalue weighted by Gasteiger charge is -2.29. The van der Waals surface area contributed by atoms with Crippen LogP contribution in [0.5, 0.6) is 0 Å². The van der Waals surface area contributed by atoms with Gasteiger partial charge in [-0.15, -0.1) is 0 Å². The van der Waals surface area contributed by atoms with Crippen molar-refractivity contribution in [1.82, 2.24) is 20.3 Å². The maximum atomic E-state index is 13.5. The number of amides is 3. The molecule has 0 unspecified atom stereocenters. The van der Waals surface area contributed by atoms with E-state index in [1.165, 1.54) is 17.0 Å². The summed E-state index contributed by atoms with van der Waals surface area (Å²) in [4.78, 5) is 57.1. The molecule has 0 saturated carbocycles. The number of hydrogen-bond acceptors (Lipinski definition) is 8. The molecular weight excluding hydrogens is 628 g/mol. The molecule has 1 aliphatic heterocycles. The molecule has 3 amide bonds. The summed E-state index contributed by atoms with van der Waals surface area (Å²) < 4.78 is 32.9. The van der Waals surface area contributed by atoms with Gasteiger partial charge in [-0.1, -0.05) is 48.0 Å². The van der Waals surface area contributed by atoms with Crippen LogP contribution in [0.25, 0.3) is 0 Å². The van der Waals surface area contributed by atoms with Gasteiger partial charge in [0.05, 0.1) is 4.90 Å². The third-order valence-corrected chi connectivity index (χ3v) is 8.59. The quantitative estimate of drug-likeness (QED) is 0.120. The normalized spacial score (nSPS) is 16.6. The minimum atomic E-state index is -3.96. The van der Waals surface area contributed by atoms with E-state index in [4.69, 9.17) is 10.5 Å². The van der Waals surface area contributed by atoms with E-state index in [0.29, 0.717) is 24.9 Å². The van der Waals surface area contributed by atoms with E-state index in [1.807, 2.05) is 6.92 Å². The lowest BCUT2D eigenvalue weighted by molar-refractivity contribution is -0.142. The van der Waals surface area contributed by atoms with Crippen molar-refractivity contribution in [2.24, 2.45) is 10.7 Å². The smallest absolute Gasteiger partial charge is 0.410 e. The number of carbonyl (C=O) groups is 4.